The third-order valence-electron chi connectivity index (χ3n) is 5.54. The number of carbonyl (C=O) groups excluding carboxylic acids is 1. The van der Waals surface area contributed by atoms with Crippen LogP contribution >= 0.6 is 0 Å². The average molecular weight is 365 g/mol. The number of aromatic nitrogens is 2. The summed E-state index contributed by atoms with van der Waals surface area (Å²) in [6.07, 6.45) is 4.34. The van der Waals surface area contributed by atoms with E-state index in [-0.39, 0.29) is 11.9 Å². The predicted octanol–water partition coefficient (Wildman–Crippen LogP) is 1.12. The largest absolute Gasteiger partial charge is 0.377 e. The number of methoxy groups -OCH3 is 1. The number of carbonyl (C=O) groups is 1. The first-order chi connectivity index (χ1) is 12.6. The van der Waals surface area contributed by atoms with Crippen LogP contribution in [0.2, 0.25) is 0 Å². The molecule has 26 heavy (non-hydrogen) atoms. The Morgan fingerprint density at radius 3 is 2.77 bits per heavy atom. The normalized spacial score (nSPS) is 22.8. The van der Waals surface area contributed by atoms with Crippen molar-refractivity contribution < 1.29 is 14.1 Å². The summed E-state index contributed by atoms with van der Waals surface area (Å²) in [5.41, 5.74) is 0. The SMILES string of the molecule is CCN(Cc1nc(COC)no1)C(=O)[C@@H]1CCCN1C1CCN(C)CC1. The molecule has 1 amide bonds. The molecular formula is C18H31N5O3. The van der Waals surface area contributed by atoms with E-state index in [0.29, 0.717) is 37.5 Å². The fourth-order valence-electron chi connectivity index (χ4n) is 4.08. The molecule has 1 atom stereocenters. The van der Waals surface area contributed by atoms with Gasteiger partial charge in [-0.2, -0.15) is 4.98 Å². The van der Waals surface area contributed by atoms with Gasteiger partial charge in [0.2, 0.25) is 11.8 Å². The lowest BCUT2D eigenvalue weighted by molar-refractivity contribution is -0.137. The van der Waals surface area contributed by atoms with Gasteiger partial charge in [-0.15, -0.1) is 0 Å². The van der Waals surface area contributed by atoms with Crippen LogP contribution in [0.15, 0.2) is 4.52 Å². The van der Waals surface area contributed by atoms with Gasteiger partial charge in [-0.3, -0.25) is 9.69 Å². The van der Waals surface area contributed by atoms with E-state index in [1.165, 1.54) is 0 Å². The molecule has 146 valence electrons. The lowest BCUT2D eigenvalue weighted by Gasteiger charge is -2.38. The van der Waals surface area contributed by atoms with Gasteiger partial charge >= 0.3 is 0 Å². The van der Waals surface area contributed by atoms with Crippen LogP contribution in [0.5, 0.6) is 0 Å². The van der Waals surface area contributed by atoms with E-state index >= 15 is 0 Å². The van der Waals surface area contributed by atoms with Crippen molar-refractivity contribution in [3.8, 4) is 0 Å². The van der Waals surface area contributed by atoms with Crippen LogP contribution in [0.3, 0.4) is 0 Å². The quantitative estimate of drug-likeness (QED) is 0.717. The molecule has 0 bridgehead atoms. The minimum absolute atomic E-state index is 0.00952. The monoisotopic (exact) mass is 365 g/mol. The fourth-order valence-corrected chi connectivity index (χ4v) is 4.08. The Labute approximate surface area is 155 Å². The van der Waals surface area contributed by atoms with E-state index < -0.39 is 0 Å². The molecule has 0 aromatic carbocycles. The molecule has 2 saturated heterocycles. The van der Waals surface area contributed by atoms with E-state index in [9.17, 15) is 4.79 Å². The van der Waals surface area contributed by atoms with Crippen molar-refractivity contribution in [2.24, 2.45) is 0 Å². The van der Waals surface area contributed by atoms with Crippen molar-refractivity contribution in [1.82, 2.24) is 24.8 Å². The van der Waals surface area contributed by atoms with Crippen LogP contribution in [-0.2, 0) is 22.7 Å². The van der Waals surface area contributed by atoms with Gasteiger partial charge in [0.1, 0.15) is 13.2 Å². The summed E-state index contributed by atoms with van der Waals surface area (Å²) in [5, 5.41) is 3.88. The molecule has 0 radical (unpaired) electrons. The maximum atomic E-state index is 13.2. The fraction of sp³-hybridized carbons (Fsp3) is 0.833. The van der Waals surface area contributed by atoms with Crippen molar-refractivity contribution in [2.45, 2.75) is 57.8 Å². The van der Waals surface area contributed by atoms with Gasteiger partial charge in [-0.25, -0.2) is 0 Å². The van der Waals surface area contributed by atoms with Gasteiger partial charge < -0.3 is 19.1 Å². The smallest absolute Gasteiger partial charge is 0.246 e. The lowest BCUT2D eigenvalue weighted by atomic mass is 10.0. The number of ether oxygens (including phenoxy) is 1. The van der Waals surface area contributed by atoms with Gasteiger partial charge in [0.05, 0.1) is 6.04 Å². The minimum atomic E-state index is -0.00952. The van der Waals surface area contributed by atoms with E-state index in [4.69, 9.17) is 9.26 Å². The van der Waals surface area contributed by atoms with Crippen LogP contribution in [0, 0.1) is 0 Å². The Bertz CT molecular complexity index is 585. The first-order valence-corrected chi connectivity index (χ1v) is 9.65. The van der Waals surface area contributed by atoms with E-state index in [2.05, 4.69) is 27.0 Å². The summed E-state index contributed by atoms with van der Waals surface area (Å²) in [5.74, 6) is 1.17. The summed E-state index contributed by atoms with van der Waals surface area (Å²) in [7, 11) is 3.76. The highest BCUT2D eigenvalue weighted by molar-refractivity contribution is 5.82. The first-order valence-electron chi connectivity index (χ1n) is 9.65. The molecule has 0 saturated carbocycles. The molecule has 2 aliphatic heterocycles. The second-order valence-electron chi connectivity index (χ2n) is 7.32. The highest BCUT2D eigenvalue weighted by Gasteiger charge is 2.38. The number of nitrogens with zero attached hydrogens (tertiary/aromatic N) is 5. The third kappa shape index (κ3) is 4.42. The molecule has 3 heterocycles. The number of likely N-dealkylation sites (N-methyl/N-ethyl adjacent to an activating group) is 1. The van der Waals surface area contributed by atoms with Crippen molar-refractivity contribution in [3.63, 3.8) is 0 Å². The Morgan fingerprint density at radius 2 is 2.08 bits per heavy atom. The molecule has 2 fully saturated rings. The average Bonchev–Trinajstić information content (AvgIpc) is 3.29. The Hall–Kier alpha value is -1.51. The minimum Gasteiger partial charge on any atom is -0.377 e. The van der Waals surface area contributed by atoms with Crippen molar-refractivity contribution in [3.05, 3.63) is 11.7 Å². The molecule has 3 rings (SSSR count). The van der Waals surface area contributed by atoms with Crippen LogP contribution in [0.25, 0.3) is 0 Å². The predicted molar refractivity (Wildman–Crippen MR) is 96.3 cm³/mol. The molecular weight excluding hydrogens is 334 g/mol. The summed E-state index contributed by atoms with van der Waals surface area (Å²) in [4.78, 5) is 24.1. The highest BCUT2D eigenvalue weighted by Crippen LogP contribution is 2.27. The Kier molecular flexibility index (Phi) is 6.61. The first kappa shape index (κ1) is 19.3. The molecule has 1 aromatic rings. The second kappa shape index (κ2) is 8.92. The highest BCUT2D eigenvalue weighted by atomic mass is 16.5. The third-order valence-corrected chi connectivity index (χ3v) is 5.54. The Balaban J connectivity index is 1.62. The number of rotatable bonds is 7. The molecule has 8 heteroatoms. The summed E-state index contributed by atoms with van der Waals surface area (Å²) >= 11 is 0. The summed E-state index contributed by atoms with van der Waals surface area (Å²) < 4.78 is 10.3. The number of likely N-dealkylation sites (tertiary alicyclic amines) is 2. The second-order valence-corrected chi connectivity index (χ2v) is 7.32. The van der Waals surface area contributed by atoms with Crippen LogP contribution < -0.4 is 0 Å². The summed E-state index contributed by atoms with van der Waals surface area (Å²) in [6.45, 7) is 6.58. The molecule has 0 unspecified atom stereocenters. The number of hydrogen-bond donors (Lipinski definition) is 0. The zero-order chi connectivity index (χ0) is 18.5. The standard InChI is InChI=1S/C18H31N5O3/c1-4-22(12-17-19-16(13-25-3)20-26-17)18(24)15-6-5-9-23(15)14-7-10-21(2)11-8-14/h14-15H,4-13H2,1-3H3/t15-/m0/s1. The number of hydrogen-bond acceptors (Lipinski definition) is 7. The molecule has 0 spiro atoms. The lowest BCUT2D eigenvalue weighted by Crippen LogP contribution is -2.51. The molecule has 0 N–H and O–H groups in total. The van der Waals surface area contributed by atoms with Crippen LogP contribution in [0.1, 0.15) is 44.3 Å². The molecule has 1 aromatic heterocycles. The zero-order valence-corrected chi connectivity index (χ0v) is 16.2. The summed E-state index contributed by atoms with van der Waals surface area (Å²) in [6, 6.07) is 0.516. The van der Waals surface area contributed by atoms with Crippen LogP contribution in [-0.4, -0.2) is 83.2 Å². The maximum absolute atomic E-state index is 13.2. The van der Waals surface area contributed by atoms with E-state index in [0.717, 1.165) is 45.3 Å². The van der Waals surface area contributed by atoms with Gasteiger partial charge in [0, 0.05) is 19.7 Å². The molecule has 2 aliphatic rings. The zero-order valence-electron chi connectivity index (χ0n) is 16.2. The van der Waals surface area contributed by atoms with Gasteiger partial charge in [0.25, 0.3) is 0 Å². The number of amides is 1. The maximum Gasteiger partial charge on any atom is 0.246 e. The van der Waals surface area contributed by atoms with Gasteiger partial charge in [0.15, 0.2) is 5.82 Å². The van der Waals surface area contributed by atoms with Gasteiger partial charge in [-0.05, 0) is 59.3 Å². The van der Waals surface area contributed by atoms with E-state index in [1.807, 2.05) is 11.8 Å². The molecule has 0 aliphatic carbocycles. The number of piperidine rings is 1. The van der Waals surface area contributed by atoms with Gasteiger partial charge in [-0.1, -0.05) is 5.16 Å². The van der Waals surface area contributed by atoms with Crippen molar-refractivity contribution in [2.75, 3.05) is 40.3 Å². The molecule has 8 nitrogen and oxygen atoms in total. The topological polar surface area (TPSA) is 74.9 Å². The van der Waals surface area contributed by atoms with E-state index in [1.54, 1.807) is 7.11 Å². The van der Waals surface area contributed by atoms with Crippen molar-refractivity contribution in [1.29, 1.82) is 0 Å². The van der Waals surface area contributed by atoms with Crippen molar-refractivity contribution >= 4 is 5.91 Å². The Morgan fingerprint density at radius 1 is 1.31 bits per heavy atom. The van der Waals surface area contributed by atoms with Crippen LogP contribution in [0.4, 0.5) is 0 Å².